The summed E-state index contributed by atoms with van der Waals surface area (Å²) < 4.78 is 7.81. The summed E-state index contributed by atoms with van der Waals surface area (Å²) in [6.07, 6.45) is 0. The van der Waals surface area contributed by atoms with Crippen molar-refractivity contribution in [3.05, 3.63) is 152 Å². The lowest BCUT2D eigenvalue weighted by atomic mass is 9.91. The summed E-state index contributed by atoms with van der Waals surface area (Å²) in [5.74, 6) is 0. The van der Waals surface area contributed by atoms with Gasteiger partial charge in [-0.25, -0.2) is 0 Å². The first-order chi connectivity index (χ1) is 22.3. The van der Waals surface area contributed by atoms with Crippen molar-refractivity contribution in [2.24, 2.45) is 0 Å². The number of hydrogen-bond acceptors (Lipinski definition) is 2. The summed E-state index contributed by atoms with van der Waals surface area (Å²) >= 11 is 3.83. The molecule has 10 rings (SSSR count). The van der Waals surface area contributed by atoms with Gasteiger partial charge < -0.3 is 4.57 Å². The van der Waals surface area contributed by atoms with Crippen LogP contribution in [0.5, 0.6) is 0 Å². The van der Waals surface area contributed by atoms with Gasteiger partial charge in [-0.2, -0.15) is 0 Å². The molecule has 45 heavy (non-hydrogen) atoms. The Morgan fingerprint density at radius 1 is 0.378 bits per heavy atom. The lowest BCUT2D eigenvalue weighted by Gasteiger charge is -2.13. The molecule has 3 heteroatoms. The van der Waals surface area contributed by atoms with E-state index in [1.807, 2.05) is 22.7 Å². The summed E-state index contributed by atoms with van der Waals surface area (Å²) in [6.45, 7) is 0. The summed E-state index contributed by atoms with van der Waals surface area (Å²) in [5.41, 5.74) is 8.86. The SMILES string of the molecule is c1ccc(-n2c3ccccc3c3sc4c(-c5ccccc5-c5cccc6sc7c8ccccc8ccc7c56)cccc4c32)cc1. The minimum absolute atomic E-state index is 1.19. The molecule has 0 N–H and O–H groups in total. The van der Waals surface area contributed by atoms with E-state index in [9.17, 15) is 0 Å². The molecule has 0 saturated heterocycles. The second kappa shape index (κ2) is 9.64. The fourth-order valence-corrected chi connectivity index (χ4v) is 9.89. The van der Waals surface area contributed by atoms with E-state index >= 15 is 0 Å². The maximum atomic E-state index is 2.45. The van der Waals surface area contributed by atoms with E-state index in [-0.39, 0.29) is 0 Å². The molecule has 0 radical (unpaired) electrons. The van der Waals surface area contributed by atoms with E-state index in [0.29, 0.717) is 0 Å². The van der Waals surface area contributed by atoms with Gasteiger partial charge in [-0.05, 0) is 51.7 Å². The summed E-state index contributed by atoms with van der Waals surface area (Å²) in [7, 11) is 0. The van der Waals surface area contributed by atoms with Gasteiger partial charge in [0, 0.05) is 46.9 Å². The minimum Gasteiger partial charge on any atom is -0.308 e. The summed E-state index contributed by atoms with van der Waals surface area (Å²) in [5, 5.41) is 7.91. The molecule has 0 saturated carbocycles. The van der Waals surface area contributed by atoms with Crippen molar-refractivity contribution in [3.63, 3.8) is 0 Å². The maximum Gasteiger partial charge on any atom is 0.0727 e. The number of para-hydroxylation sites is 2. The fourth-order valence-electron chi connectivity index (χ4n) is 7.28. The highest BCUT2D eigenvalue weighted by Gasteiger charge is 2.21. The molecular weight excluding hydrogens is 583 g/mol. The third kappa shape index (κ3) is 3.60. The Morgan fingerprint density at radius 3 is 1.93 bits per heavy atom. The van der Waals surface area contributed by atoms with Crippen molar-refractivity contribution < 1.29 is 0 Å². The number of nitrogens with zero attached hydrogens (tertiary/aromatic N) is 1. The third-order valence-corrected chi connectivity index (χ3v) is 11.7. The standard InChI is InChI=1S/C42H25NS2/c1-2-13-27(14-3-1)43-36-22-9-8-18-33(36)42-39(43)35-21-10-20-32(41(35)45-42)30-17-7-6-16-29(30)31-19-11-23-37-38(31)34-25-24-26-12-4-5-15-28(26)40(34)44-37/h1-25H. The number of aromatic nitrogens is 1. The normalized spacial score (nSPS) is 12.0. The number of fused-ring (bicyclic) bond motifs is 10. The quantitative estimate of drug-likeness (QED) is 0.188. The first-order valence-electron chi connectivity index (χ1n) is 15.3. The Morgan fingerprint density at radius 2 is 1.04 bits per heavy atom. The molecule has 0 aliphatic heterocycles. The van der Waals surface area contributed by atoms with Gasteiger partial charge in [0.05, 0.1) is 15.7 Å². The van der Waals surface area contributed by atoms with E-state index in [4.69, 9.17) is 0 Å². The average molecular weight is 608 g/mol. The monoisotopic (exact) mass is 607 g/mol. The number of benzene rings is 7. The molecule has 0 aliphatic rings. The van der Waals surface area contributed by atoms with Crippen LogP contribution >= 0.6 is 22.7 Å². The molecule has 0 spiro atoms. The molecule has 10 aromatic rings. The van der Waals surface area contributed by atoms with E-state index in [1.165, 1.54) is 90.1 Å². The minimum atomic E-state index is 1.19. The van der Waals surface area contributed by atoms with Crippen molar-refractivity contribution in [2.45, 2.75) is 0 Å². The number of hydrogen-bond donors (Lipinski definition) is 0. The van der Waals surface area contributed by atoms with Crippen LogP contribution in [0.15, 0.2) is 152 Å². The summed E-state index contributed by atoms with van der Waals surface area (Å²) in [4.78, 5) is 0. The van der Waals surface area contributed by atoms with Crippen molar-refractivity contribution in [1.29, 1.82) is 0 Å². The molecule has 0 aliphatic carbocycles. The molecule has 0 amide bonds. The van der Waals surface area contributed by atoms with Crippen molar-refractivity contribution >= 4 is 84.8 Å². The van der Waals surface area contributed by atoms with Crippen LogP contribution < -0.4 is 0 Å². The topological polar surface area (TPSA) is 4.93 Å². The molecule has 1 nitrogen and oxygen atoms in total. The van der Waals surface area contributed by atoms with Crippen LogP contribution in [0.1, 0.15) is 0 Å². The van der Waals surface area contributed by atoms with Gasteiger partial charge in [-0.15, -0.1) is 22.7 Å². The van der Waals surface area contributed by atoms with E-state index < -0.39 is 0 Å². The highest BCUT2D eigenvalue weighted by Crippen LogP contribution is 2.49. The van der Waals surface area contributed by atoms with Crippen molar-refractivity contribution in [1.82, 2.24) is 4.57 Å². The zero-order valence-electron chi connectivity index (χ0n) is 24.2. The van der Waals surface area contributed by atoms with Gasteiger partial charge in [-0.1, -0.05) is 127 Å². The Labute approximate surface area is 267 Å². The fraction of sp³-hybridized carbons (Fsp3) is 0. The molecule has 0 fully saturated rings. The van der Waals surface area contributed by atoms with Gasteiger partial charge in [0.2, 0.25) is 0 Å². The van der Waals surface area contributed by atoms with Crippen molar-refractivity contribution in [2.75, 3.05) is 0 Å². The second-order valence-electron chi connectivity index (χ2n) is 11.6. The van der Waals surface area contributed by atoms with Gasteiger partial charge >= 0.3 is 0 Å². The second-order valence-corrected chi connectivity index (χ2v) is 13.7. The molecule has 3 heterocycles. The predicted molar refractivity (Wildman–Crippen MR) is 197 cm³/mol. The van der Waals surface area contributed by atoms with Crippen LogP contribution in [-0.2, 0) is 0 Å². The van der Waals surface area contributed by atoms with E-state index in [2.05, 4.69) is 156 Å². The molecule has 3 aromatic heterocycles. The van der Waals surface area contributed by atoms with E-state index in [0.717, 1.165) is 0 Å². The van der Waals surface area contributed by atoms with Crippen LogP contribution in [0.25, 0.3) is 90.1 Å². The molecule has 7 aromatic carbocycles. The van der Waals surface area contributed by atoms with Gasteiger partial charge in [0.15, 0.2) is 0 Å². The average Bonchev–Trinajstić information content (AvgIpc) is 3.78. The lowest BCUT2D eigenvalue weighted by molar-refractivity contribution is 1.19. The van der Waals surface area contributed by atoms with Crippen LogP contribution in [0.2, 0.25) is 0 Å². The molecule has 0 unspecified atom stereocenters. The largest absolute Gasteiger partial charge is 0.308 e. The predicted octanol–water partition coefficient (Wildman–Crippen LogP) is 12.9. The zero-order valence-corrected chi connectivity index (χ0v) is 25.8. The molecule has 210 valence electrons. The van der Waals surface area contributed by atoms with Crippen LogP contribution in [-0.4, -0.2) is 4.57 Å². The highest BCUT2D eigenvalue weighted by atomic mass is 32.1. The van der Waals surface area contributed by atoms with Crippen LogP contribution in [0.3, 0.4) is 0 Å². The first-order valence-corrected chi connectivity index (χ1v) is 16.9. The van der Waals surface area contributed by atoms with Crippen molar-refractivity contribution in [3.8, 4) is 27.9 Å². The lowest BCUT2D eigenvalue weighted by Crippen LogP contribution is -1.93. The Balaban J connectivity index is 1.27. The molecule has 0 bridgehead atoms. The number of rotatable bonds is 3. The smallest absolute Gasteiger partial charge is 0.0727 e. The third-order valence-electron chi connectivity index (χ3n) is 9.21. The van der Waals surface area contributed by atoms with E-state index in [1.54, 1.807) is 0 Å². The summed E-state index contributed by atoms with van der Waals surface area (Å²) in [6, 6.07) is 55.6. The zero-order chi connectivity index (χ0) is 29.5. The van der Waals surface area contributed by atoms with Crippen LogP contribution in [0, 0.1) is 0 Å². The molecular formula is C42H25NS2. The van der Waals surface area contributed by atoms with Gasteiger partial charge in [-0.3, -0.25) is 0 Å². The van der Waals surface area contributed by atoms with Crippen LogP contribution in [0.4, 0.5) is 0 Å². The van der Waals surface area contributed by atoms with Gasteiger partial charge in [0.1, 0.15) is 0 Å². The Bertz CT molecular complexity index is 2760. The van der Waals surface area contributed by atoms with Gasteiger partial charge in [0.25, 0.3) is 0 Å². The highest BCUT2D eigenvalue weighted by molar-refractivity contribution is 7.27. The number of thiophene rings is 2. The maximum absolute atomic E-state index is 2.45. The molecule has 0 atom stereocenters. The Hall–Kier alpha value is -5.22. The Kier molecular flexibility index (Phi) is 5.39. The first kappa shape index (κ1) is 25.1.